The lowest BCUT2D eigenvalue weighted by atomic mass is 10.0. The Morgan fingerprint density at radius 3 is 2.73 bits per heavy atom. The molecule has 0 amide bonds. The second kappa shape index (κ2) is 6.10. The van der Waals surface area contributed by atoms with E-state index in [1.807, 2.05) is 13.2 Å². The van der Waals surface area contributed by atoms with Crippen molar-refractivity contribution >= 4 is 6.29 Å². The predicted molar refractivity (Wildman–Crippen MR) is 47.1 cm³/mol. The molecule has 0 saturated heterocycles. The second-order valence-corrected chi connectivity index (χ2v) is 2.68. The van der Waals surface area contributed by atoms with Gasteiger partial charge in [0.05, 0.1) is 6.04 Å². The van der Waals surface area contributed by atoms with E-state index in [2.05, 4.69) is 18.8 Å². The van der Waals surface area contributed by atoms with Gasteiger partial charge in [-0.15, -0.1) is 6.58 Å². The van der Waals surface area contributed by atoms with Crippen LogP contribution in [0.15, 0.2) is 12.7 Å². The quantitative estimate of drug-likeness (QED) is 0.584. The molecular weight excluding hydrogens is 138 g/mol. The van der Waals surface area contributed by atoms with E-state index < -0.39 is 0 Å². The summed E-state index contributed by atoms with van der Waals surface area (Å²) in [6.45, 7) is 8.32. The van der Waals surface area contributed by atoms with Gasteiger partial charge >= 0.3 is 0 Å². The molecule has 1 radical (unpaired) electrons. The van der Waals surface area contributed by atoms with Crippen molar-refractivity contribution in [3.63, 3.8) is 0 Å². The maximum atomic E-state index is 10.4. The highest BCUT2D eigenvalue weighted by Gasteiger charge is 2.13. The van der Waals surface area contributed by atoms with E-state index in [1.165, 1.54) is 0 Å². The molecule has 0 fully saturated rings. The smallest absolute Gasteiger partial charge is 0.217 e. The summed E-state index contributed by atoms with van der Waals surface area (Å²) in [7, 11) is 0. The summed E-state index contributed by atoms with van der Waals surface area (Å²) in [5.74, 6) is 0.354. The highest BCUT2D eigenvalue weighted by Crippen LogP contribution is 2.04. The molecule has 0 spiro atoms. The minimum Gasteiger partial charge on any atom is -0.303 e. The fourth-order valence-corrected chi connectivity index (χ4v) is 0.805. The maximum absolute atomic E-state index is 10.4. The van der Waals surface area contributed by atoms with E-state index in [1.54, 1.807) is 6.08 Å². The first-order valence-corrected chi connectivity index (χ1v) is 3.98. The Balaban J connectivity index is 3.73. The molecule has 0 aliphatic heterocycles. The predicted octanol–water partition coefficient (Wildman–Crippen LogP) is 1.29. The first-order chi connectivity index (χ1) is 5.26. The minimum absolute atomic E-state index is 0.141. The van der Waals surface area contributed by atoms with Crippen molar-refractivity contribution < 1.29 is 4.79 Å². The average molecular weight is 154 g/mol. The first kappa shape index (κ1) is 10.4. The zero-order valence-electron chi connectivity index (χ0n) is 7.26. The lowest BCUT2D eigenvalue weighted by Crippen LogP contribution is -2.36. The number of nitrogens with one attached hydrogen (secondary N) is 1. The van der Waals surface area contributed by atoms with Gasteiger partial charge in [-0.1, -0.05) is 26.3 Å². The SMILES string of the molecule is C=CCN[C@H]([C]=O)[C@H](C)CC. The third kappa shape index (κ3) is 3.94. The Labute approximate surface area is 68.7 Å². The molecule has 2 heteroatoms. The van der Waals surface area contributed by atoms with Gasteiger partial charge in [-0.05, 0) is 5.92 Å². The van der Waals surface area contributed by atoms with Crippen molar-refractivity contribution in [1.82, 2.24) is 5.32 Å². The van der Waals surface area contributed by atoms with Crippen molar-refractivity contribution in [2.45, 2.75) is 26.3 Å². The van der Waals surface area contributed by atoms with Crippen LogP contribution in [0.5, 0.6) is 0 Å². The molecule has 0 saturated carbocycles. The molecule has 0 aromatic carbocycles. The molecule has 0 unspecified atom stereocenters. The van der Waals surface area contributed by atoms with E-state index in [4.69, 9.17) is 0 Å². The molecule has 0 bridgehead atoms. The Kier molecular flexibility index (Phi) is 5.75. The molecule has 0 aromatic rings. The maximum Gasteiger partial charge on any atom is 0.217 e. The Hall–Kier alpha value is -0.630. The van der Waals surface area contributed by atoms with Crippen LogP contribution in [0.2, 0.25) is 0 Å². The van der Waals surface area contributed by atoms with Gasteiger partial charge in [0.15, 0.2) is 0 Å². The molecule has 2 atom stereocenters. The minimum atomic E-state index is -0.141. The Morgan fingerprint density at radius 2 is 2.36 bits per heavy atom. The third-order valence-electron chi connectivity index (χ3n) is 1.82. The summed E-state index contributed by atoms with van der Waals surface area (Å²) in [5.41, 5.74) is 0. The fraction of sp³-hybridized carbons (Fsp3) is 0.667. The van der Waals surface area contributed by atoms with Gasteiger partial charge in [0.1, 0.15) is 0 Å². The van der Waals surface area contributed by atoms with E-state index >= 15 is 0 Å². The number of hydrogen-bond donors (Lipinski definition) is 1. The van der Waals surface area contributed by atoms with Crippen LogP contribution in [0.25, 0.3) is 0 Å². The van der Waals surface area contributed by atoms with E-state index in [-0.39, 0.29) is 6.04 Å². The number of carbonyl (C=O) groups excluding carboxylic acids is 1. The molecule has 0 aliphatic carbocycles. The molecular formula is C9H16NO. The van der Waals surface area contributed by atoms with Crippen LogP contribution < -0.4 is 5.32 Å². The number of hydrogen-bond acceptors (Lipinski definition) is 2. The summed E-state index contributed by atoms with van der Waals surface area (Å²) >= 11 is 0. The van der Waals surface area contributed by atoms with Gasteiger partial charge in [-0.2, -0.15) is 0 Å². The van der Waals surface area contributed by atoms with Gasteiger partial charge in [0, 0.05) is 6.54 Å². The van der Waals surface area contributed by atoms with Crippen LogP contribution in [0.3, 0.4) is 0 Å². The fourth-order valence-electron chi connectivity index (χ4n) is 0.805. The Morgan fingerprint density at radius 1 is 1.73 bits per heavy atom. The Bertz CT molecular complexity index is 123. The van der Waals surface area contributed by atoms with Crippen molar-refractivity contribution in [2.75, 3.05) is 6.54 Å². The van der Waals surface area contributed by atoms with Gasteiger partial charge in [0.2, 0.25) is 6.29 Å². The molecule has 11 heavy (non-hydrogen) atoms. The van der Waals surface area contributed by atoms with Crippen molar-refractivity contribution in [2.24, 2.45) is 5.92 Å². The summed E-state index contributed by atoms with van der Waals surface area (Å²) in [5, 5.41) is 3.03. The normalized spacial score (nSPS) is 15.5. The largest absolute Gasteiger partial charge is 0.303 e. The highest BCUT2D eigenvalue weighted by atomic mass is 16.1. The molecule has 1 N–H and O–H groups in total. The van der Waals surface area contributed by atoms with Crippen LogP contribution in [0, 0.1) is 5.92 Å². The zero-order valence-corrected chi connectivity index (χ0v) is 7.26. The summed E-state index contributed by atoms with van der Waals surface area (Å²) in [4.78, 5) is 10.4. The topological polar surface area (TPSA) is 29.1 Å². The van der Waals surface area contributed by atoms with Gasteiger partial charge in [-0.3, -0.25) is 4.79 Å². The van der Waals surface area contributed by atoms with E-state index in [0.29, 0.717) is 12.5 Å². The van der Waals surface area contributed by atoms with Crippen LogP contribution in [-0.2, 0) is 4.79 Å². The monoisotopic (exact) mass is 154 g/mol. The van der Waals surface area contributed by atoms with Gasteiger partial charge in [-0.25, -0.2) is 0 Å². The van der Waals surface area contributed by atoms with Crippen LogP contribution in [-0.4, -0.2) is 18.9 Å². The van der Waals surface area contributed by atoms with Crippen LogP contribution in [0.4, 0.5) is 0 Å². The first-order valence-electron chi connectivity index (χ1n) is 3.98. The van der Waals surface area contributed by atoms with Crippen molar-refractivity contribution in [3.8, 4) is 0 Å². The van der Waals surface area contributed by atoms with Gasteiger partial charge < -0.3 is 5.32 Å². The lowest BCUT2D eigenvalue weighted by molar-refractivity contribution is 0.429. The zero-order chi connectivity index (χ0) is 8.69. The molecule has 0 heterocycles. The third-order valence-corrected chi connectivity index (χ3v) is 1.82. The van der Waals surface area contributed by atoms with Crippen LogP contribution >= 0.6 is 0 Å². The molecule has 2 nitrogen and oxygen atoms in total. The molecule has 0 rings (SSSR count). The van der Waals surface area contributed by atoms with Crippen molar-refractivity contribution in [1.29, 1.82) is 0 Å². The number of rotatable bonds is 6. The van der Waals surface area contributed by atoms with E-state index in [9.17, 15) is 4.79 Å². The molecule has 0 aliphatic rings. The standard InChI is InChI=1S/C9H16NO/c1-4-6-10-9(7-11)8(3)5-2/h4,8-10H,1,5-6H2,2-3H3/t8-,9-/m1/s1. The lowest BCUT2D eigenvalue weighted by Gasteiger charge is -2.16. The van der Waals surface area contributed by atoms with Crippen LogP contribution in [0.1, 0.15) is 20.3 Å². The highest BCUT2D eigenvalue weighted by molar-refractivity contribution is 5.58. The molecule has 0 aromatic heterocycles. The summed E-state index contributed by atoms with van der Waals surface area (Å²) in [6.07, 6.45) is 4.71. The van der Waals surface area contributed by atoms with Gasteiger partial charge in [0.25, 0.3) is 0 Å². The second-order valence-electron chi connectivity index (χ2n) is 2.68. The summed E-state index contributed by atoms with van der Waals surface area (Å²) in [6, 6.07) is -0.141. The average Bonchev–Trinajstić information content (AvgIpc) is 2.05. The summed E-state index contributed by atoms with van der Waals surface area (Å²) < 4.78 is 0. The van der Waals surface area contributed by atoms with E-state index in [0.717, 1.165) is 6.42 Å². The van der Waals surface area contributed by atoms with Crippen molar-refractivity contribution in [3.05, 3.63) is 12.7 Å². The molecule has 63 valence electrons.